The van der Waals surface area contributed by atoms with Gasteiger partial charge in [-0.15, -0.1) is 0 Å². The van der Waals surface area contributed by atoms with Crippen molar-refractivity contribution in [3.05, 3.63) is 0 Å². The Morgan fingerprint density at radius 2 is 1.60 bits per heavy atom. The predicted molar refractivity (Wildman–Crippen MR) is 75.9 cm³/mol. The summed E-state index contributed by atoms with van der Waals surface area (Å²) in [6, 6.07) is 0. The van der Waals surface area contributed by atoms with E-state index in [4.69, 9.17) is 4.74 Å². The molecule has 1 heterocycles. The van der Waals surface area contributed by atoms with E-state index in [1.54, 1.807) is 0 Å². The van der Waals surface area contributed by atoms with Gasteiger partial charge in [0.25, 0.3) is 5.92 Å². The van der Waals surface area contributed by atoms with Crippen LogP contribution in [0.5, 0.6) is 0 Å². The molecule has 20 heavy (non-hydrogen) atoms. The number of halogens is 3. The fourth-order valence-corrected chi connectivity index (χ4v) is 3.02. The Labute approximate surface area is 121 Å². The molecule has 1 fully saturated rings. The second-order valence-corrected chi connectivity index (χ2v) is 8.30. The van der Waals surface area contributed by atoms with Gasteiger partial charge in [0.05, 0.1) is 0 Å². The molecule has 0 spiro atoms. The van der Waals surface area contributed by atoms with Crippen LogP contribution in [0.1, 0.15) is 60.8 Å². The molecule has 0 amide bonds. The molecule has 2 unspecified atom stereocenters. The first-order valence-corrected chi connectivity index (χ1v) is 7.46. The third-order valence-electron chi connectivity index (χ3n) is 4.19. The highest BCUT2D eigenvalue weighted by Gasteiger charge is 2.64. The molecule has 2 atom stereocenters. The average Bonchev–Trinajstić information content (AvgIpc) is 2.39. The molecule has 0 aromatic heterocycles. The van der Waals surface area contributed by atoms with Crippen molar-refractivity contribution in [1.29, 1.82) is 0 Å². The van der Waals surface area contributed by atoms with Gasteiger partial charge < -0.3 is 4.74 Å². The van der Waals surface area contributed by atoms with E-state index in [0.717, 1.165) is 0 Å². The summed E-state index contributed by atoms with van der Waals surface area (Å²) in [5.74, 6) is -4.04. The third kappa shape index (κ3) is 3.49. The molecule has 1 rings (SSSR count). The zero-order valence-electron chi connectivity index (χ0n) is 13.7. The van der Waals surface area contributed by atoms with Crippen LogP contribution in [0.3, 0.4) is 0 Å². The standard InChI is InChI=1S/C16H29F3O/c1-13(2,3)11-12-7-9-20-10-8-15(12,17)16(18,19)14(4,5)6/h12H,7-11H2,1-6H3. The summed E-state index contributed by atoms with van der Waals surface area (Å²) in [6.07, 6.45) is 0.579. The molecule has 0 aromatic rings. The minimum atomic E-state index is -3.37. The summed E-state index contributed by atoms with van der Waals surface area (Å²) in [5.41, 5.74) is -4.07. The number of ether oxygens (including phenoxy) is 1. The van der Waals surface area contributed by atoms with Crippen LogP contribution >= 0.6 is 0 Å². The zero-order valence-corrected chi connectivity index (χ0v) is 13.7. The van der Waals surface area contributed by atoms with Crippen molar-refractivity contribution in [1.82, 2.24) is 0 Å². The van der Waals surface area contributed by atoms with Crippen LogP contribution in [0.15, 0.2) is 0 Å². The summed E-state index contributed by atoms with van der Waals surface area (Å²) < 4.78 is 50.3. The van der Waals surface area contributed by atoms with Gasteiger partial charge in [0.2, 0.25) is 0 Å². The first-order valence-electron chi connectivity index (χ1n) is 7.46. The van der Waals surface area contributed by atoms with E-state index in [1.165, 1.54) is 20.8 Å². The van der Waals surface area contributed by atoms with Gasteiger partial charge in [0.1, 0.15) is 0 Å². The Kier molecular flexibility index (Phi) is 4.90. The van der Waals surface area contributed by atoms with Crippen LogP contribution in [0, 0.1) is 16.7 Å². The lowest BCUT2D eigenvalue weighted by atomic mass is 9.66. The van der Waals surface area contributed by atoms with E-state index in [1.807, 2.05) is 20.8 Å². The fraction of sp³-hybridized carbons (Fsp3) is 1.00. The Bertz CT molecular complexity index is 328. The van der Waals surface area contributed by atoms with Crippen LogP contribution in [0.2, 0.25) is 0 Å². The van der Waals surface area contributed by atoms with Crippen molar-refractivity contribution in [3.8, 4) is 0 Å². The maximum atomic E-state index is 15.5. The van der Waals surface area contributed by atoms with Crippen LogP contribution < -0.4 is 0 Å². The van der Waals surface area contributed by atoms with E-state index in [9.17, 15) is 8.78 Å². The van der Waals surface area contributed by atoms with Gasteiger partial charge >= 0.3 is 0 Å². The SMILES string of the molecule is CC(C)(C)CC1CCOCCC1(F)C(F)(F)C(C)(C)C. The Morgan fingerprint density at radius 3 is 2.05 bits per heavy atom. The molecule has 0 aromatic carbocycles. The summed E-state index contributed by atoms with van der Waals surface area (Å²) in [6.45, 7) is 10.6. The first-order chi connectivity index (χ1) is 8.81. The van der Waals surface area contributed by atoms with Crippen molar-refractivity contribution in [2.24, 2.45) is 16.7 Å². The number of hydrogen-bond acceptors (Lipinski definition) is 1. The van der Waals surface area contributed by atoms with E-state index in [0.29, 0.717) is 19.4 Å². The van der Waals surface area contributed by atoms with Crippen molar-refractivity contribution in [2.45, 2.75) is 72.4 Å². The third-order valence-corrected chi connectivity index (χ3v) is 4.19. The van der Waals surface area contributed by atoms with Crippen LogP contribution in [0.4, 0.5) is 13.2 Å². The molecular weight excluding hydrogens is 265 g/mol. The lowest BCUT2D eigenvalue weighted by Crippen LogP contribution is -2.57. The van der Waals surface area contributed by atoms with Crippen molar-refractivity contribution in [2.75, 3.05) is 13.2 Å². The normalized spacial score (nSPS) is 30.1. The molecule has 0 aliphatic carbocycles. The fourth-order valence-electron chi connectivity index (χ4n) is 3.02. The summed E-state index contributed by atoms with van der Waals surface area (Å²) >= 11 is 0. The summed E-state index contributed by atoms with van der Waals surface area (Å²) in [5, 5.41) is 0. The summed E-state index contributed by atoms with van der Waals surface area (Å²) in [4.78, 5) is 0. The van der Waals surface area contributed by atoms with Crippen molar-refractivity contribution >= 4 is 0 Å². The molecular formula is C16H29F3O. The minimum Gasteiger partial charge on any atom is -0.381 e. The van der Waals surface area contributed by atoms with Gasteiger partial charge in [0.15, 0.2) is 5.67 Å². The zero-order chi connectivity index (χ0) is 15.8. The molecule has 1 nitrogen and oxygen atoms in total. The average molecular weight is 294 g/mol. The lowest BCUT2D eigenvalue weighted by Gasteiger charge is -2.46. The highest BCUT2D eigenvalue weighted by molar-refractivity contribution is 5.05. The van der Waals surface area contributed by atoms with Crippen molar-refractivity contribution in [3.63, 3.8) is 0 Å². The van der Waals surface area contributed by atoms with Gasteiger partial charge in [-0.3, -0.25) is 0 Å². The highest BCUT2D eigenvalue weighted by atomic mass is 19.3. The van der Waals surface area contributed by atoms with Crippen LogP contribution in [-0.2, 0) is 4.74 Å². The quantitative estimate of drug-likeness (QED) is 0.677. The van der Waals surface area contributed by atoms with E-state index >= 15 is 4.39 Å². The molecule has 1 aliphatic heterocycles. The van der Waals surface area contributed by atoms with E-state index in [2.05, 4.69) is 0 Å². The van der Waals surface area contributed by atoms with Gasteiger partial charge in [-0.05, 0) is 18.3 Å². The van der Waals surface area contributed by atoms with Gasteiger partial charge in [-0.25, -0.2) is 13.2 Å². The molecule has 0 N–H and O–H groups in total. The monoisotopic (exact) mass is 294 g/mol. The Hall–Kier alpha value is -0.250. The van der Waals surface area contributed by atoms with E-state index in [-0.39, 0.29) is 18.4 Å². The van der Waals surface area contributed by atoms with Gasteiger partial charge in [0, 0.05) is 31.0 Å². The van der Waals surface area contributed by atoms with E-state index < -0.39 is 22.9 Å². The number of rotatable bonds is 2. The Balaban J connectivity index is 3.17. The number of hydrogen-bond donors (Lipinski definition) is 0. The molecule has 1 aliphatic rings. The smallest absolute Gasteiger partial charge is 0.286 e. The second-order valence-electron chi connectivity index (χ2n) is 8.30. The minimum absolute atomic E-state index is 0.0722. The summed E-state index contributed by atoms with van der Waals surface area (Å²) in [7, 11) is 0. The van der Waals surface area contributed by atoms with Crippen molar-refractivity contribution < 1.29 is 17.9 Å². The maximum absolute atomic E-state index is 15.5. The molecule has 0 radical (unpaired) electrons. The topological polar surface area (TPSA) is 9.23 Å². The van der Waals surface area contributed by atoms with Gasteiger partial charge in [-0.1, -0.05) is 41.5 Å². The molecule has 0 bridgehead atoms. The molecule has 1 saturated heterocycles. The second kappa shape index (κ2) is 5.51. The van der Waals surface area contributed by atoms with Crippen LogP contribution in [0.25, 0.3) is 0 Å². The predicted octanol–water partition coefficient (Wildman–Crippen LogP) is 5.24. The first kappa shape index (κ1) is 17.8. The largest absolute Gasteiger partial charge is 0.381 e. The molecule has 4 heteroatoms. The lowest BCUT2D eigenvalue weighted by molar-refractivity contribution is -0.226. The Morgan fingerprint density at radius 1 is 1.05 bits per heavy atom. The molecule has 120 valence electrons. The number of alkyl halides is 3. The molecule has 0 saturated carbocycles. The van der Waals surface area contributed by atoms with Crippen LogP contribution in [-0.4, -0.2) is 24.8 Å². The maximum Gasteiger partial charge on any atom is 0.286 e. The highest BCUT2D eigenvalue weighted by Crippen LogP contribution is 2.54. The van der Waals surface area contributed by atoms with Gasteiger partial charge in [-0.2, -0.15) is 0 Å².